The molecule has 0 fully saturated rings. The molecule has 238 valence electrons. The molecule has 0 unspecified atom stereocenters. The van der Waals surface area contributed by atoms with E-state index in [0.717, 1.165) is 26.9 Å². The van der Waals surface area contributed by atoms with Crippen LogP contribution in [-0.4, -0.2) is 0 Å². The summed E-state index contributed by atoms with van der Waals surface area (Å²) in [6, 6.07) is 62.2. The fourth-order valence-electron chi connectivity index (χ4n) is 7.89. The van der Waals surface area contributed by atoms with Gasteiger partial charge in [0.1, 0.15) is 11.5 Å². The zero-order chi connectivity index (χ0) is 33.5. The van der Waals surface area contributed by atoms with E-state index in [1.807, 2.05) is 17.4 Å². The van der Waals surface area contributed by atoms with E-state index in [1.54, 1.807) is 11.8 Å². The van der Waals surface area contributed by atoms with Crippen molar-refractivity contribution in [1.82, 2.24) is 0 Å². The lowest BCUT2D eigenvalue weighted by Crippen LogP contribution is -1.95. The van der Waals surface area contributed by atoms with Crippen molar-refractivity contribution in [2.24, 2.45) is 0 Å². The van der Waals surface area contributed by atoms with Crippen molar-refractivity contribution in [3.05, 3.63) is 170 Å². The van der Waals surface area contributed by atoms with Gasteiger partial charge >= 0.3 is 0 Å². The molecule has 51 heavy (non-hydrogen) atoms. The van der Waals surface area contributed by atoms with E-state index in [9.17, 15) is 0 Å². The van der Waals surface area contributed by atoms with Crippen LogP contribution in [0.1, 0.15) is 0 Å². The summed E-state index contributed by atoms with van der Waals surface area (Å²) in [5.41, 5.74) is 7.16. The summed E-state index contributed by atoms with van der Waals surface area (Å²) in [7, 11) is 0. The van der Waals surface area contributed by atoms with Crippen LogP contribution >= 0.6 is 23.1 Å². The van der Waals surface area contributed by atoms with Gasteiger partial charge in [0, 0.05) is 20.2 Å². The molecule has 0 amide bonds. The van der Waals surface area contributed by atoms with Crippen LogP contribution in [0.4, 0.5) is 0 Å². The van der Waals surface area contributed by atoms with E-state index in [2.05, 4.69) is 164 Å². The average molecular weight is 685 g/mol. The minimum Gasteiger partial charge on any atom is -0.455 e. The molecule has 0 bridgehead atoms. The van der Waals surface area contributed by atoms with Crippen LogP contribution in [0.2, 0.25) is 0 Å². The molecule has 1 nitrogen and oxygen atoms in total. The summed E-state index contributed by atoms with van der Waals surface area (Å²) in [5, 5.41) is 10.3. The summed E-state index contributed by atoms with van der Waals surface area (Å²) in [6.07, 6.45) is 0. The Balaban J connectivity index is 1.14. The van der Waals surface area contributed by atoms with Crippen LogP contribution in [0.5, 0.6) is 11.5 Å². The van der Waals surface area contributed by atoms with Crippen LogP contribution in [0.15, 0.2) is 180 Å². The Morgan fingerprint density at radius 1 is 0.333 bits per heavy atom. The molecule has 10 aromatic rings. The standard InChI is InChI=1S/C48H28OS2/c1-2-12-37-35(10-1)36-11-3-4-13-38(36)42-27-29(20-22-39(37)42)31-24-32(30-21-23-47-44(28-30)49-43-17-6-8-19-46(43)50-47)26-33(25-31)34-15-9-16-41-40-14-5-7-18-45(40)51-48(34)41/h1-28H. The number of para-hydroxylation sites is 1. The number of thiophene rings is 1. The van der Waals surface area contributed by atoms with E-state index in [4.69, 9.17) is 4.74 Å². The number of hydrogen-bond acceptors (Lipinski definition) is 3. The molecule has 1 aliphatic heterocycles. The average Bonchev–Trinajstić information content (AvgIpc) is 3.59. The van der Waals surface area contributed by atoms with Crippen LogP contribution in [0.3, 0.4) is 0 Å². The molecule has 0 radical (unpaired) electrons. The third-order valence-corrected chi connectivity index (χ3v) is 12.6. The van der Waals surface area contributed by atoms with Crippen molar-refractivity contribution in [2.75, 3.05) is 0 Å². The van der Waals surface area contributed by atoms with E-state index >= 15 is 0 Å². The molecule has 0 atom stereocenters. The second-order valence-corrected chi connectivity index (χ2v) is 15.4. The lowest BCUT2D eigenvalue weighted by molar-refractivity contribution is 0.455. The van der Waals surface area contributed by atoms with Gasteiger partial charge in [-0.2, -0.15) is 0 Å². The molecule has 0 aliphatic carbocycles. The van der Waals surface area contributed by atoms with Gasteiger partial charge in [0.15, 0.2) is 0 Å². The molecule has 0 N–H and O–H groups in total. The highest BCUT2D eigenvalue weighted by atomic mass is 32.2. The van der Waals surface area contributed by atoms with Crippen molar-refractivity contribution in [1.29, 1.82) is 0 Å². The molecule has 2 heterocycles. The topological polar surface area (TPSA) is 9.23 Å². The first-order valence-corrected chi connectivity index (χ1v) is 18.9. The van der Waals surface area contributed by atoms with Crippen LogP contribution < -0.4 is 4.74 Å². The normalized spacial score (nSPS) is 12.4. The SMILES string of the molecule is c1ccc2c(c1)Oc1cc(-c3cc(-c4ccc5c6ccccc6c6ccccc6c5c4)cc(-c4cccc5c4sc4ccccc45)c3)ccc1S2. The predicted molar refractivity (Wildman–Crippen MR) is 219 cm³/mol. The fourth-order valence-corrected chi connectivity index (χ4v) is 10.1. The number of hydrogen-bond donors (Lipinski definition) is 0. The number of benzene rings is 9. The molecule has 3 heteroatoms. The van der Waals surface area contributed by atoms with Crippen LogP contribution in [0.25, 0.3) is 85.9 Å². The first-order valence-electron chi connectivity index (χ1n) is 17.2. The summed E-state index contributed by atoms with van der Waals surface area (Å²) >= 11 is 3.65. The molecule has 9 aromatic carbocycles. The van der Waals surface area contributed by atoms with Crippen LogP contribution in [0, 0.1) is 0 Å². The molecule has 11 rings (SSSR count). The van der Waals surface area contributed by atoms with Crippen molar-refractivity contribution < 1.29 is 4.74 Å². The highest BCUT2D eigenvalue weighted by Gasteiger charge is 2.19. The second-order valence-electron chi connectivity index (χ2n) is 13.2. The quantitative estimate of drug-likeness (QED) is 0.171. The Morgan fingerprint density at radius 2 is 0.902 bits per heavy atom. The Labute approximate surface area is 303 Å². The van der Waals surface area contributed by atoms with Crippen molar-refractivity contribution in [3.8, 4) is 44.9 Å². The molecule has 1 aliphatic rings. The maximum absolute atomic E-state index is 6.47. The van der Waals surface area contributed by atoms with Crippen molar-refractivity contribution in [3.63, 3.8) is 0 Å². The summed E-state index contributed by atoms with van der Waals surface area (Å²) in [5.74, 6) is 1.81. The van der Waals surface area contributed by atoms with E-state index in [0.29, 0.717) is 0 Å². The second kappa shape index (κ2) is 11.3. The van der Waals surface area contributed by atoms with Gasteiger partial charge in [-0.1, -0.05) is 127 Å². The monoisotopic (exact) mass is 684 g/mol. The van der Waals surface area contributed by atoms with Gasteiger partial charge in [-0.3, -0.25) is 0 Å². The summed E-state index contributed by atoms with van der Waals surface area (Å²) in [4.78, 5) is 2.28. The maximum Gasteiger partial charge on any atom is 0.142 e. The summed E-state index contributed by atoms with van der Waals surface area (Å²) < 4.78 is 9.10. The first kappa shape index (κ1) is 28.9. The third kappa shape index (κ3) is 4.63. The highest BCUT2D eigenvalue weighted by molar-refractivity contribution is 7.99. The fraction of sp³-hybridized carbons (Fsp3) is 0. The van der Waals surface area contributed by atoms with Gasteiger partial charge in [0.25, 0.3) is 0 Å². The minimum atomic E-state index is 0.902. The third-order valence-electron chi connectivity index (χ3n) is 10.3. The lowest BCUT2D eigenvalue weighted by atomic mass is 9.90. The molecular formula is C48H28OS2. The predicted octanol–water partition coefficient (Wildman–Crippen LogP) is 14.8. The molecule has 1 aromatic heterocycles. The Morgan fingerprint density at radius 3 is 1.69 bits per heavy atom. The zero-order valence-electron chi connectivity index (χ0n) is 27.4. The first-order chi connectivity index (χ1) is 25.2. The minimum absolute atomic E-state index is 0.902. The molecule has 0 saturated carbocycles. The number of ether oxygens (including phenoxy) is 1. The Hall–Kier alpha value is -5.87. The molecule has 0 spiro atoms. The van der Waals surface area contributed by atoms with E-state index in [-0.39, 0.29) is 0 Å². The highest BCUT2D eigenvalue weighted by Crippen LogP contribution is 2.49. The summed E-state index contributed by atoms with van der Waals surface area (Å²) in [6.45, 7) is 0. The number of rotatable bonds is 3. The van der Waals surface area contributed by atoms with Crippen molar-refractivity contribution in [2.45, 2.75) is 9.79 Å². The lowest BCUT2D eigenvalue weighted by Gasteiger charge is -2.20. The van der Waals surface area contributed by atoms with Gasteiger partial charge < -0.3 is 4.74 Å². The van der Waals surface area contributed by atoms with Gasteiger partial charge in [-0.15, -0.1) is 11.3 Å². The molecular weight excluding hydrogens is 657 g/mol. The Kier molecular flexibility index (Phi) is 6.42. The van der Waals surface area contributed by atoms with Gasteiger partial charge in [-0.05, 0) is 120 Å². The largest absolute Gasteiger partial charge is 0.455 e. The maximum atomic E-state index is 6.47. The number of fused-ring (bicyclic) bond motifs is 11. The Bertz CT molecular complexity index is 3010. The van der Waals surface area contributed by atoms with Crippen LogP contribution in [-0.2, 0) is 0 Å². The molecule has 0 saturated heterocycles. The van der Waals surface area contributed by atoms with E-state index < -0.39 is 0 Å². The smallest absolute Gasteiger partial charge is 0.142 e. The van der Waals surface area contributed by atoms with Gasteiger partial charge in [-0.25, -0.2) is 0 Å². The van der Waals surface area contributed by atoms with Crippen molar-refractivity contribution >= 4 is 75.6 Å². The van der Waals surface area contributed by atoms with E-state index in [1.165, 1.54) is 80.3 Å². The van der Waals surface area contributed by atoms with Gasteiger partial charge in [0.05, 0.1) is 9.79 Å². The zero-order valence-corrected chi connectivity index (χ0v) is 29.0. The van der Waals surface area contributed by atoms with Gasteiger partial charge in [0.2, 0.25) is 0 Å².